The summed E-state index contributed by atoms with van der Waals surface area (Å²) in [5.41, 5.74) is 2.22. The number of carbonyl (C=O) groups is 2. The second-order valence-corrected chi connectivity index (χ2v) is 9.46. The van der Waals surface area contributed by atoms with Crippen molar-refractivity contribution in [1.82, 2.24) is 25.3 Å². The van der Waals surface area contributed by atoms with Gasteiger partial charge >= 0.3 is 0 Å². The number of nitrogens with zero attached hydrogens (tertiary/aromatic N) is 3. The highest BCUT2D eigenvalue weighted by atomic mass is 16.5. The number of hydrogen-bond acceptors (Lipinski definition) is 6. The monoisotopic (exact) mass is 431 g/mol. The summed E-state index contributed by atoms with van der Waals surface area (Å²) in [6.45, 7) is 6.41. The summed E-state index contributed by atoms with van der Waals surface area (Å²) in [5, 5.41) is 10.0. The second kappa shape index (κ2) is 9.26. The van der Waals surface area contributed by atoms with Gasteiger partial charge in [-0.15, -0.1) is 0 Å². The molecule has 1 aliphatic carbocycles. The van der Waals surface area contributed by atoms with E-state index >= 15 is 0 Å². The average Bonchev–Trinajstić information content (AvgIpc) is 3.50. The van der Waals surface area contributed by atoms with Gasteiger partial charge in [0, 0.05) is 43.9 Å². The first kappa shape index (κ1) is 20.9. The summed E-state index contributed by atoms with van der Waals surface area (Å²) < 4.78 is 11.1. The predicted molar refractivity (Wildman–Crippen MR) is 112 cm³/mol. The molecule has 1 aromatic heterocycles. The molecule has 9 heteroatoms. The zero-order chi connectivity index (χ0) is 21.2. The van der Waals surface area contributed by atoms with Crippen LogP contribution in [0, 0.1) is 11.8 Å². The van der Waals surface area contributed by atoms with E-state index in [1.54, 1.807) is 0 Å². The molecule has 2 N–H and O–H groups in total. The third kappa shape index (κ3) is 5.10. The number of nitrogens with one attached hydrogen (secondary N) is 2. The highest BCUT2D eigenvalue weighted by Crippen LogP contribution is 2.31. The van der Waals surface area contributed by atoms with Gasteiger partial charge in [0.15, 0.2) is 5.69 Å². The molecule has 3 aliphatic heterocycles. The number of aromatic nitrogens is 2. The number of morpholine rings is 1. The van der Waals surface area contributed by atoms with Gasteiger partial charge in [-0.25, -0.2) is 0 Å². The first-order valence-electron chi connectivity index (χ1n) is 11.7. The number of aromatic amines is 1. The molecule has 5 rings (SSSR count). The summed E-state index contributed by atoms with van der Waals surface area (Å²) in [6, 6.07) is 0. The van der Waals surface area contributed by atoms with Crippen LogP contribution in [0.1, 0.15) is 47.4 Å². The molecule has 4 heterocycles. The maximum atomic E-state index is 12.6. The van der Waals surface area contributed by atoms with E-state index in [2.05, 4.69) is 20.4 Å². The lowest BCUT2D eigenvalue weighted by Crippen LogP contribution is -2.52. The van der Waals surface area contributed by atoms with E-state index in [-0.39, 0.29) is 24.5 Å². The van der Waals surface area contributed by atoms with E-state index in [1.807, 2.05) is 4.90 Å². The molecule has 3 fully saturated rings. The summed E-state index contributed by atoms with van der Waals surface area (Å²) in [5.74, 6) is 1.33. The van der Waals surface area contributed by atoms with Gasteiger partial charge in [0.05, 0.1) is 19.3 Å². The van der Waals surface area contributed by atoms with Crippen LogP contribution in [0.15, 0.2) is 0 Å². The highest BCUT2D eigenvalue weighted by Gasteiger charge is 2.32. The fourth-order valence-corrected chi connectivity index (χ4v) is 4.90. The van der Waals surface area contributed by atoms with Crippen molar-refractivity contribution in [2.75, 3.05) is 52.5 Å². The van der Waals surface area contributed by atoms with Gasteiger partial charge in [-0.3, -0.25) is 14.7 Å². The minimum atomic E-state index is -0.224. The van der Waals surface area contributed by atoms with Crippen LogP contribution in [0.2, 0.25) is 0 Å². The van der Waals surface area contributed by atoms with Crippen molar-refractivity contribution in [3.05, 3.63) is 17.0 Å². The first-order valence-corrected chi connectivity index (χ1v) is 11.7. The van der Waals surface area contributed by atoms with E-state index in [9.17, 15) is 9.59 Å². The third-order valence-electron chi connectivity index (χ3n) is 7.02. The zero-order valence-corrected chi connectivity index (χ0v) is 18.1. The minimum absolute atomic E-state index is 0.0570. The standard InChI is InChI=1S/C22H33N5O4/c28-20-14-31-17(9-23-22(29)21-18-13-30-8-5-19(18)24-25-21)12-27(20)11-16-3-6-26(7-4-16)10-15-1-2-15/h15-17H,1-14H2,(H,23,29)(H,24,25). The lowest BCUT2D eigenvalue weighted by molar-refractivity contribution is -0.149. The number of H-pyrrole nitrogens is 1. The Morgan fingerprint density at radius 2 is 1.94 bits per heavy atom. The molecule has 0 aromatic carbocycles. The molecule has 1 aromatic rings. The van der Waals surface area contributed by atoms with Crippen molar-refractivity contribution in [2.45, 2.75) is 44.8 Å². The van der Waals surface area contributed by atoms with Crippen LogP contribution in [0.4, 0.5) is 0 Å². The predicted octanol–water partition coefficient (Wildman–Crippen LogP) is 0.562. The lowest BCUT2D eigenvalue weighted by Gasteiger charge is -2.38. The molecule has 9 nitrogen and oxygen atoms in total. The number of carbonyl (C=O) groups excluding carboxylic acids is 2. The normalized spacial score (nSPS) is 25.5. The maximum absolute atomic E-state index is 12.6. The summed E-state index contributed by atoms with van der Waals surface area (Å²) >= 11 is 0. The lowest BCUT2D eigenvalue weighted by atomic mass is 9.95. The van der Waals surface area contributed by atoms with Crippen LogP contribution >= 0.6 is 0 Å². The Hall–Kier alpha value is -1.97. The fraction of sp³-hybridized carbons (Fsp3) is 0.773. The van der Waals surface area contributed by atoms with Gasteiger partial charge < -0.3 is 24.6 Å². The molecule has 0 spiro atoms. The number of fused-ring (bicyclic) bond motifs is 1. The molecule has 2 amide bonds. The highest BCUT2D eigenvalue weighted by molar-refractivity contribution is 5.94. The van der Waals surface area contributed by atoms with E-state index < -0.39 is 0 Å². The number of likely N-dealkylation sites (tertiary alicyclic amines) is 1. The van der Waals surface area contributed by atoms with Crippen LogP contribution in [0.25, 0.3) is 0 Å². The molecule has 31 heavy (non-hydrogen) atoms. The molecule has 1 unspecified atom stereocenters. The van der Waals surface area contributed by atoms with Crippen molar-refractivity contribution in [2.24, 2.45) is 11.8 Å². The molecule has 1 saturated carbocycles. The molecule has 0 radical (unpaired) electrons. The van der Waals surface area contributed by atoms with Crippen molar-refractivity contribution in [3.63, 3.8) is 0 Å². The van der Waals surface area contributed by atoms with Gasteiger partial charge in [-0.05, 0) is 50.6 Å². The second-order valence-electron chi connectivity index (χ2n) is 9.46. The molecule has 4 aliphatic rings. The Morgan fingerprint density at radius 1 is 1.13 bits per heavy atom. The van der Waals surface area contributed by atoms with Crippen molar-refractivity contribution in [3.8, 4) is 0 Å². The number of rotatable bonds is 7. The summed E-state index contributed by atoms with van der Waals surface area (Å²) in [6.07, 6.45) is 5.67. The fourth-order valence-electron chi connectivity index (χ4n) is 4.90. The summed E-state index contributed by atoms with van der Waals surface area (Å²) in [4.78, 5) is 29.5. The minimum Gasteiger partial charge on any atom is -0.376 e. The quantitative estimate of drug-likeness (QED) is 0.655. The largest absolute Gasteiger partial charge is 0.376 e. The SMILES string of the molecule is O=C(NCC1CN(CC2CCN(CC3CC3)CC2)C(=O)CO1)c1n[nH]c2c1COCC2. The van der Waals surface area contributed by atoms with Crippen LogP contribution in [0.5, 0.6) is 0 Å². The Balaban J connectivity index is 1.08. The number of ether oxygens (including phenoxy) is 2. The van der Waals surface area contributed by atoms with Crippen LogP contribution < -0.4 is 5.32 Å². The number of piperidine rings is 1. The van der Waals surface area contributed by atoms with Crippen molar-refractivity contribution < 1.29 is 19.1 Å². The first-order chi connectivity index (χ1) is 15.2. The van der Waals surface area contributed by atoms with Crippen LogP contribution in [0.3, 0.4) is 0 Å². The molecule has 1 atom stereocenters. The Bertz CT molecular complexity index is 800. The Kier molecular flexibility index (Phi) is 6.24. The van der Waals surface area contributed by atoms with Gasteiger partial charge in [-0.2, -0.15) is 5.10 Å². The zero-order valence-electron chi connectivity index (χ0n) is 18.1. The van der Waals surface area contributed by atoms with E-state index in [0.717, 1.165) is 56.1 Å². The molecule has 170 valence electrons. The van der Waals surface area contributed by atoms with E-state index in [4.69, 9.17) is 9.47 Å². The summed E-state index contributed by atoms with van der Waals surface area (Å²) in [7, 11) is 0. The Labute approximate surface area is 182 Å². The van der Waals surface area contributed by atoms with Crippen molar-refractivity contribution in [1.29, 1.82) is 0 Å². The van der Waals surface area contributed by atoms with Crippen LogP contribution in [-0.2, 0) is 27.3 Å². The van der Waals surface area contributed by atoms with E-state index in [1.165, 1.54) is 19.4 Å². The van der Waals surface area contributed by atoms with Gasteiger partial charge in [-0.1, -0.05) is 0 Å². The molecule has 0 bridgehead atoms. The maximum Gasteiger partial charge on any atom is 0.272 e. The van der Waals surface area contributed by atoms with Crippen LogP contribution in [-0.4, -0.2) is 90.4 Å². The van der Waals surface area contributed by atoms with Gasteiger partial charge in [0.2, 0.25) is 5.91 Å². The Morgan fingerprint density at radius 3 is 2.74 bits per heavy atom. The third-order valence-corrected chi connectivity index (χ3v) is 7.02. The average molecular weight is 432 g/mol. The number of amides is 2. The van der Waals surface area contributed by atoms with Gasteiger partial charge in [0.25, 0.3) is 5.91 Å². The topological polar surface area (TPSA) is 99.8 Å². The van der Waals surface area contributed by atoms with E-state index in [0.29, 0.717) is 37.9 Å². The van der Waals surface area contributed by atoms with Gasteiger partial charge in [0.1, 0.15) is 6.61 Å². The smallest absolute Gasteiger partial charge is 0.272 e. The molecular formula is C22H33N5O4. The molecule has 2 saturated heterocycles. The van der Waals surface area contributed by atoms with Crippen molar-refractivity contribution >= 4 is 11.8 Å². The molecular weight excluding hydrogens is 398 g/mol. The number of hydrogen-bond donors (Lipinski definition) is 2.